The van der Waals surface area contributed by atoms with Crippen LogP contribution in [0.15, 0.2) is 35.6 Å². The predicted molar refractivity (Wildman–Crippen MR) is 61.1 cm³/mol. The van der Waals surface area contributed by atoms with Crippen molar-refractivity contribution in [2.75, 3.05) is 13.8 Å². The van der Waals surface area contributed by atoms with Crippen LogP contribution >= 0.6 is 0 Å². The molecule has 1 saturated heterocycles. The smallest absolute Gasteiger partial charge is 0.409 e. The topological polar surface area (TPSA) is 53.0 Å². The van der Waals surface area contributed by atoms with Crippen LogP contribution in [0.1, 0.15) is 6.42 Å². The van der Waals surface area contributed by atoms with Gasteiger partial charge in [0.1, 0.15) is 6.73 Å². The summed E-state index contributed by atoms with van der Waals surface area (Å²) < 4.78 is 5.54. The summed E-state index contributed by atoms with van der Waals surface area (Å²) in [5.41, 5.74) is 2.20. The van der Waals surface area contributed by atoms with Gasteiger partial charge in [0.25, 0.3) is 0 Å². The Morgan fingerprint density at radius 3 is 3.24 bits per heavy atom. The predicted octanol–water partition coefficient (Wildman–Crippen LogP) is 1.36. The Hall–Kier alpha value is -1.75. The van der Waals surface area contributed by atoms with Crippen LogP contribution in [0.4, 0.5) is 4.79 Å². The molecule has 5 nitrogen and oxygen atoms in total. The first-order chi connectivity index (χ1) is 8.18. The van der Waals surface area contributed by atoms with Gasteiger partial charge in [-0.3, -0.25) is 4.90 Å². The second-order valence-electron chi connectivity index (χ2n) is 4.43. The maximum absolute atomic E-state index is 11.0. The minimum atomic E-state index is -0.972. The molecule has 2 heterocycles. The van der Waals surface area contributed by atoms with Crippen LogP contribution in [0.3, 0.4) is 0 Å². The highest BCUT2D eigenvalue weighted by Crippen LogP contribution is 2.38. The molecule has 3 aliphatic rings. The van der Waals surface area contributed by atoms with Gasteiger partial charge < -0.3 is 14.7 Å². The van der Waals surface area contributed by atoms with E-state index in [1.165, 1.54) is 17.5 Å². The van der Waals surface area contributed by atoms with E-state index in [9.17, 15) is 4.79 Å². The van der Waals surface area contributed by atoms with Gasteiger partial charge in [-0.1, -0.05) is 18.2 Å². The summed E-state index contributed by atoms with van der Waals surface area (Å²) in [6.07, 6.45) is 7.81. The third-order valence-electron chi connectivity index (χ3n) is 3.47. The van der Waals surface area contributed by atoms with Gasteiger partial charge in [0.05, 0.1) is 11.7 Å². The van der Waals surface area contributed by atoms with Gasteiger partial charge in [0.15, 0.2) is 6.23 Å². The second kappa shape index (κ2) is 3.63. The van der Waals surface area contributed by atoms with Gasteiger partial charge in [0.2, 0.25) is 0 Å². The number of likely N-dealkylation sites (N-methyl/N-ethyl adjacent to an activating group) is 1. The fraction of sp³-hybridized carbons (Fsp3) is 0.417. The molecule has 2 atom stereocenters. The Kier molecular flexibility index (Phi) is 2.22. The number of ether oxygens (including phenoxy) is 1. The number of hydrogen-bond donors (Lipinski definition) is 1. The van der Waals surface area contributed by atoms with Crippen molar-refractivity contribution in [3.63, 3.8) is 0 Å². The van der Waals surface area contributed by atoms with Crippen LogP contribution in [0.25, 0.3) is 0 Å². The summed E-state index contributed by atoms with van der Waals surface area (Å²) in [7, 11) is 1.53. The number of rotatable bonds is 1. The zero-order valence-electron chi connectivity index (χ0n) is 9.54. The molecular weight excluding hydrogens is 220 g/mol. The third-order valence-corrected chi connectivity index (χ3v) is 3.47. The minimum absolute atomic E-state index is 0.321. The molecule has 1 N–H and O–H groups in total. The number of carbonyl (C=O) groups is 1. The fourth-order valence-electron chi connectivity index (χ4n) is 2.54. The molecule has 90 valence electrons. The molecule has 0 aromatic rings. The largest absolute Gasteiger partial charge is 0.465 e. The van der Waals surface area contributed by atoms with Gasteiger partial charge in [-0.05, 0) is 18.1 Å². The Balaban J connectivity index is 1.89. The molecule has 17 heavy (non-hydrogen) atoms. The van der Waals surface area contributed by atoms with Crippen molar-refractivity contribution in [2.45, 2.75) is 18.7 Å². The van der Waals surface area contributed by atoms with Crippen molar-refractivity contribution < 1.29 is 14.6 Å². The first kappa shape index (κ1) is 10.4. The van der Waals surface area contributed by atoms with Gasteiger partial charge in [-0.15, -0.1) is 0 Å². The molecule has 0 aromatic heterocycles. The summed E-state index contributed by atoms with van der Waals surface area (Å²) in [6.45, 7) is 0.462. The maximum Gasteiger partial charge on any atom is 0.409 e. The van der Waals surface area contributed by atoms with Crippen LogP contribution in [-0.4, -0.2) is 47.0 Å². The zero-order chi connectivity index (χ0) is 12.0. The summed E-state index contributed by atoms with van der Waals surface area (Å²) in [4.78, 5) is 14.3. The molecule has 1 amide bonds. The number of nitrogens with zero attached hydrogens (tertiary/aromatic N) is 2. The molecule has 0 radical (unpaired) electrons. The lowest BCUT2D eigenvalue weighted by Crippen LogP contribution is -2.37. The van der Waals surface area contributed by atoms with E-state index in [2.05, 4.69) is 17.1 Å². The average Bonchev–Trinajstić information content (AvgIpc) is 2.86. The zero-order valence-corrected chi connectivity index (χ0v) is 9.54. The van der Waals surface area contributed by atoms with Crippen molar-refractivity contribution >= 4 is 6.09 Å². The standard InChI is InChI=1S/C12H14N2O3/c1-13(12(15)16)11-10-6-8-4-2-3-5-9(8)14(10)7-17-11/h2-4,6,9,11H,5,7H2,1H3,(H,15,16). The molecule has 2 aliphatic heterocycles. The van der Waals surface area contributed by atoms with E-state index in [0.717, 1.165) is 12.1 Å². The Bertz CT molecular complexity index is 453. The van der Waals surface area contributed by atoms with Crippen molar-refractivity contribution in [2.24, 2.45) is 0 Å². The van der Waals surface area contributed by atoms with Gasteiger partial charge in [-0.2, -0.15) is 0 Å². The van der Waals surface area contributed by atoms with Crippen LogP contribution in [0, 0.1) is 0 Å². The van der Waals surface area contributed by atoms with Crippen LogP contribution in [0.5, 0.6) is 0 Å². The molecule has 3 rings (SSSR count). The lowest BCUT2D eigenvalue weighted by Gasteiger charge is -2.25. The normalized spacial score (nSPS) is 29.6. The van der Waals surface area contributed by atoms with Crippen molar-refractivity contribution in [1.82, 2.24) is 9.80 Å². The van der Waals surface area contributed by atoms with Crippen LogP contribution in [0.2, 0.25) is 0 Å². The van der Waals surface area contributed by atoms with E-state index in [-0.39, 0.29) is 0 Å². The first-order valence-corrected chi connectivity index (χ1v) is 5.61. The summed E-state index contributed by atoms with van der Waals surface area (Å²) in [6, 6.07) is 0.321. The highest BCUT2D eigenvalue weighted by molar-refractivity contribution is 5.65. The van der Waals surface area contributed by atoms with E-state index in [1.54, 1.807) is 0 Å². The lowest BCUT2D eigenvalue weighted by molar-refractivity contribution is 0.00544. The monoisotopic (exact) mass is 234 g/mol. The van der Waals surface area contributed by atoms with E-state index < -0.39 is 12.3 Å². The molecule has 0 spiro atoms. The Labute approximate surface area is 99.3 Å². The van der Waals surface area contributed by atoms with Gasteiger partial charge in [-0.25, -0.2) is 4.79 Å². The molecule has 2 unspecified atom stereocenters. The Morgan fingerprint density at radius 1 is 1.65 bits per heavy atom. The quantitative estimate of drug-likeness (QED) is 0.744. The van der Waals surface area contributed by atoms with Crippen LogP contribution < -0.4 is 0 Å². The highest BCUT2D eigenvalue weighted by atomic mass is 16.5. The summed E-state index contributed by atoms with van der Waals surface area (Å²) in [5, 5.41) is 8.99. The van der Waals surface area contributed by atoms with E-state index in [4.69, 9.17) is 9.84 Å². The number of hydrogen-bond acceptors (Lipinski definition) is 3. The molecular formula is C12H14N2O3. The Morgan fingerprint density at radius 2 is 2.47 bits per heavy atom. The lowest BCUT2D eigenvalue weighted by atomic mass is 10.0. The van der Waals surface area contributed by atoms with Crippen molar-refractivity contribution in [1.29, 1.82) is 0 Å². The number of carboxylic acid groups (broad SMARTS) is 1. The average molecular weight is 234 g/mol. The molecule has 5 heteroatoms. The highest BCUT2D eigenvalue weighted by Gasteiger charge is 2.42. The van der Waals surface area contributed by atoms with E-state index >= 15 is 0 Å². The molecule has 1 aliphatic carbocycles. The molecule has 0 saturated carbocycles. The minimum Gasteiger partial charge on any atom is -0.465 e. The van der Waals surface area contributed by atoms with E-state index in [0.29, 0.717) is 12.8 Å². The third kappa shape index (κ3) is 1.46. The van der Waals surface area contributed by atoms with E-state index in [1.807, 2.05) is 12.2 Å². The number of amides is 1. The summed E-state index contributed by atoms with van der Waals surface area (Å²) >= 11 is 0. The molecule has 0 aromatic carbocycles. The molecule has 1 fully saturated rings. The van der Waals surface area contributed by atoms with Crippen molar-refractivity contribution in [3.05, 3.63) is 35.6 Å². The van der Waals surface area contributed by atoms with Gasteiger partial charge in [0, 0.05) is 7.05 Å². The fourth-order valence-corrected chi connectivity index (χ4v) is 2.54. The SMILES string of the molecule is CN(C(=O)O)C1OCN2C1=CC1=CC=CCC12. The second-order valence-corrected chi connectivity index (χ2v) is 4.43. The number of fused-ring (bicyclic) bond motifs is 3. The maximum atomic E-state index is 11.0. The van der Waals surface area contributed by atoms with Crippen molar-refractivity contribution in [3.8, 4) is 0 Å². The van der Waals surface area contributed by atoms with Crippen LogP contribution in [-0.2, 0) is 4.74 Å². The summed E-state index contributed by atoms with van der Waals surface area (Å²) in [5.74, 6) is 0. The number of allylic oxidation sites excluding steroid dienone is 2. The van der Waals surface area contributed by atoms with Gasteiger partial charge >= 0.3 is 6.09 Å². The molecule has 0 bridgehead atoms. The first-order valence-electron chi connectivity index (χ1n) is 5.61.